The van der Waals surface area contributed by atoms with Crippen LogP contribution >= 0.6 is 12.2 Å². The first-order valence-corrected chi connectivity index (χ1v) is 30.8. The minimum Gasteiger partial charge on any atom is -0.481 e. The first-order chi connectivity index (χ1) is 42.7. The predicted molar refractivity (Wildman–Crippen MR) is 330 cm³/mol. The van der Waals surface area contributed by atoms with Crippen molar-refractivity contribution in [3.05, 3.63) is 87.7 Å². The number of pyridine rings is 2. The van der Waals surface area contributed by atoms with E-state index in [1.54, 1.807) is 76.8 Å². The minimum absolute atomic E-state index is 0.0319. The summed E-state index contributed by atoms with van der Waals surface area (Å²) in [6, 6.07) is 11.4. The van der Waals surface area contributed by atoms with Gasteiger partial charge < -0.3 is 80.4 Å². The van der Waals surface area contributed by atoms with Gasteiger partial charge in [-0.25, -0.2) is 14.6 Å². The number of methoxy groups -OCH3 is 1. The molecule has 2 fully saturated rings. The number of amides is 5. The molecule has 0 bridgehead atoms. The summed E-state index contributed by atoms with van der Waals surface area (Å²) in [7, 11) is 1.37. The van der Waals surface area contributed by atoms with Crippen LogP contribution in [0.2, 0.25) is 0 Å². The van der Waals surface area contributed by atoms with Crippen LogP contribution in [0.3, 0.4) is 0 Å². The molecule has 0 aliphatic carbocycles. The maximum Gasteiger partial charge on any atom is 0.355 e. The fourth-order valence-electron chi connectivity index (χ4n) is 11.7. The molecule has 2 aromatic carbocycles. The lowest BCUT2D eigenvalue weighted by Gasteiger charge is -2.40. The highest BCUT2D eigenvalue weighted by Gasteiger charge is 2.52. The molecule has 27 heteroatoms. The summed E-state index contributed by atoms with van der Waals surface area (Å²) in [5, 5.41) is 48.2. The van der Waals surface area contributed by atoms with Gasteiger partial charge >= 0.3 is 17.9 Å². The third-order valence-corrected chi connectivity index (χ3v) is 16.8. The molecular weight excluding hydrogens is 1190 g/mol. The number of nitrogens with one attached hydrogen (secondary N) is 6. The van der Waals surface area contributed by atoms with E-state index >= 15 is 0 Å². The first-order valence-electron chi connectivity index (χ1n) is 30.4. The van der Waals surface area contributed by atoms with Crippen molar-refractivity contribution in [2.75, 3.05) is 25.5 Å². The van der Waals surface area contributed by atoms with Crippen molar-refractivity contribution in [1.29, 1.82) is 0 Å². The molecule has 26 nitrogen and oxygen atoms in total. The summed E-state index contributed by atoms with van der Waals surface area (Å²) in [4.78, 5) is 131. The molecule has 4 aromatic rings. The van der Waals surface area contributed by atoms with Crippen molar-refractivity contribution < 1.29 is 77.4 Å². The zero-order chi connectivity index (χ0) is 65.5. The van der Waals surface area contributed by atoms with Crippen LogP contribution in [0, 0.1) is 17.8 Å². The number of carbonyl (C=O) groups excluding carboxylic acids is 7. The molecule has 11 atom stereocenters. The summed E-state index contributed by atoms with van der Waals surface area (Å²) in [6.45, 7) is 13.3. The first kappa shape index (κ1) is 67.8. The number of thiocarbonyl (C=S) groups is 1. The van der Waals surface area contributed by atoms with Crippen molar-refractivity contribution in [1.82, 2.24) is 41.0 Å². The average Bonchev–Trinajstić information content (AvgIpc) is 1.38. The summed E-state index contributed by atoms with van der Waals surface area (Å²) in [6.07, 6.45) is -4.98. The van der Waals surface area contributed by atoms with Gasteiger partial charge in [0.25, 0.3) is 5.56 Å². The summed E-state index contributed by atoms with van der Waals surface area (Å²) < 4.78 is 30.0. The molecule has 0 saturated carbocycles. The number of aliphatic hydroxyl groups excluding tert-OH is 2. The number of nitrogens with zero attached hydrogens (tertiary/aromatic N) is 3. The topological polar surface area (TPSA) is 354 Å². The maximum atomic E-state index is 14.5. The number of benzene rings is 2. The number of anilines is 1. The fourth-order valence-corrected chi connectivity index (χ4v) is 12.0. The predicted octanol–water partition coefficient (Wildman–Crippen LogP) is 3.02. The van der Waals surface area contributed by atoms with Crippen molar-refractivity contribution in [2.45, 2.75) is 180 Å². The summed E-state index contributed by atoms with van der Waals surface area (Å²) >= 11 is 5.75. The highest BCUT2D eigenvalue weighted by atomic mass is 32.1. The van der Waals surface area contributed by atoms with Gasteiger partial charge in [0.2, 0.25) is 41.4 Å². The smallest absolute Gasteiger partial charge is 0.355 e. The SMILES string of the molecule is CC[C@@]1(OC(=O)[C@@H](NC(=O)[C@H](CCC(=O)O)NC(=O)[C@H](CC(C)C)NC(=O)CNC(=O)[C@H](CC(C)C)NC(=O)[C@@H]2CCCN2C(=S)Nc2ccc(O[C@H]3O[C@@H](C)[C@@H](O)[C@@H](OC)[C@@H]3O)cc2)C(C)C)C(=O)OCc2c1cc1n(c2=O)Cc2cc3ccccc3nc2-1. The molecule has 5 amide bonds. The van der Waals surface area contributed by atoms with Crippen molar-refractivity contribution in [3.8, 4) is 17.1 Å². The van der Waals surface area contributed by atoms with Crippen LogP contribution in [-0.4, -0.2) is 163 Å². The Morgan fingerprint density at radius 1 is 0.856 bits per heavy atom. The van der Waals surface area contributed by atoms with Crippen LogP contribution < -0.4 is 42.2 Å². The van der Waals surface area contributed by atoms with Crippen LogP contribution in [0.1, 0.15) is 117 Å². The van der Waals surface area contributed by atoms with Crippen LogP contribution in [0.5, 0.6) is 5.75 Å². The number of carbonyl (C=O) groups is 8. The van der Waals surface area contributed by atoms with Gasteiger partial charge in [-0.3, -0.25) is 33.6 Å². The molecule has 8 rings (SSSR count). The Morgan fingerprint density at radius 2 is 1.53 bits per heavy atom. The Kier molecular flexibility index (Phi) is 22.0. The number of para-hydroxylation sites is 1. The van der Waals surface area contributed by atoms with Crippen molar-refractivity contribution >= 4 is 81.4 Å². The van der Waals surface area contributed by atoms with E-state index in [2.05, 4.69) is 31.9 Å². The van der Waals surface area contributed by atoms with Crippen LogP contribution in [-0.2, 0) is 76.1 Å². The van der Waals surface area contributed by atoms with E-state index in [-0.39, 0.29) is 60.5 Å². The standard InChI is InChI=1S/C63H81N9O17S/c1-10-63(40-27-46-50-36(26-35-14-11-12-15-41(35)67-50)29-72(46)58(82)39(40)30-86-61(63)84)89-59(83)49(33(6)7)70-55(79)42(21-22-48(74)75)68-56(80)44(25-32(4)5)66-47(73)28-64-54(78)43(24-31(2)3)69-57(81)45-16-13-23-71(45)62(90)65-37-17-19-38(20-18-37)88-60-52(77)53(85-9)51(76)34(8)87-60/h11-12,14-15,17-20,26-27,31-34,42-45,49,51-53,60,76-77H,10,13,16,21-25,28-30H2,1-9H3,(H,64,78)(H,65,90)(H,66,73)(H,68,80)(H,69,81)(H,70,79)(H,74,75)/t34-,42-,43-,44-,45-,49-,51+,52-,53+,60+,63-/m0/s1. The fraction of sp³-hybridized carbons (Fsp3) is 0.540. The second-order valence-electron chi connectivity index (χ2n) is 24.4. The quantitative estimate of drug-likeness (QED) is 0.0299. The highest BCUT2D eigenvalue weighted by molar-refractivity contribution is 7.80. The Hall–Kier alpha value is -8.11. The number of aromatic nitrogens is 2. The third kappa shape index (κ3) is 15.4. The number of hydrogen-bond donors (Lipinski definition) is 9. The molecule has 0 radical (unpaired) electrons. The Balaban J connectivity index is 0.884. The number of ether oxygens (including phenoxy) is 5. The molecule has 0 spiro atoms. The number of hydrogen-bond acceptors (Lipinski definition) is 18. The van der Waals surface area contributed by atoms with Gasteiger partial charge in [0, 0.05) is 42.3 Å². The molecular formula is C63H81N9O17S. The van der Waals surface area contributed by atoms with E-state index < -0.39 is 145 Å². The van der Waals surface area contributed by atoms with Gasteiger partial charge in [0.15, 0.2) is 5.11 Å². The van der Waals surface area contributed by atoms with Crippen molar-refractivity contribution in [3.63, 3.8) is 0 Å². The second-order valence-corrected chi connectivity index (χ2v) is 24.8. The Labute approximate surface area is 525 Å². The van der Waals surface area contributed by atoms with Crippen molar-refractivity contribution in [2.24, 2.45) is 17.8 Å². The summed E-state index contributed by atoms with van der Waals surface area (Å²) in [5.74, 6) is -7.80. The number of esters is 2. The lowest BCUT2D eigenvalue weighted by molar-refractivity contribution is -0.272. The lowest BCUT2D eigenvalue weighted by Crippen LogP contribution is -2.59. The molecule has 90 heavy (non-hydrogen) atoms. The van der Waals surface area contributed by atoms with E-state index in [0.717, 1.165) is 10.9 Å². The summed E-state index contributed by atoms with van der Waals surface area (Å²) in [5.41, 5.74) is 0.571. The number of rotatable bonds is 25. The van der Waals surface area contributed by atoms with E-state index in [1.807, 2.05) is 44.2 Å². The van der Waals surface area contributed by atoms with E-state index in [9.17, 15) is 58.5 Å². The zero-order valence-corrected chi connectivity index (χ0v) is 52.7. The van der Waals surface area contributed by atoms with Gasteiger partial charge in [-0.1, -0.05) is 66.7 Å². The maximum absolute atomic E-state index is 14.5. The Bertz CT molecular complexity index is 3430. The van der Waals surface area contributed by atoms with E-state index in [0.29, 0.717) is 47.7 Å². The van der Waals surface area contributed by atoms with Crippen LogP contribution in [0.15, 0.2) is 65.5 Å². The number of aliphatic carboxylic acids is 1. The largest absolute Gasteiger partial charge is 0.481 e. The normalized spacial score (nSPS) is 22.2. The van der Waals surface area contributed by atoms with E-state index in [4.69, 9.17) is 40.9 Å². The number of aliphatic hydroxyl groups is 2. The third-order valence-electron chi connectivity index (χ3n) is 16.5. The highest BCUT2D eigenvalue weighted by Crippen LogP contribution is 2.41. The molecule has 0 unspecified atom stereocenters. The van der Waals surface area contributed by atoms with Crippen LogP contribution in [0.25, 0.3) is 22.3 Å². The van der Waals surface area contributed by atoms with Gasteiger partial charge in [-0.2, -0.15) is 0 Å². The molecule has 486 valence electrons. The van der Waals surface area contributed by atoms with Gasteiger partial charge in [0.1, 0.15) is 60.9 Å². The molecule has 2 saturated heterocycles. The van der Waals surface area contributed by atoms with E-state index in [1.165, 1.54) is 11.7 Å². The molecule has 4 aliphatic heterocycles. The molecule has 6 heterocycles. The number of carboxylic acids is 1. The lowest BCUT2D eigenvalue weighted by atomic mass is 9.85. The Morgan fingerprint density at radius 3 is 2.19 bits per heavy atom. The number of likely N-dealkylation sites (tertiary alicyclic amines) is 1. The molecule has 9 N–H and O–H groups in total. The zero-order valence-electron chi connectivity index (χ0n) is 51.9. The van der Waals surface area contributed by atoms with Gasteiger partial charge in [0.05, 0.1) is 41.7 Å². The van der Waals surface area contributed by atoms with Crippen LogP contribution in [0.4, 0.5) is 5.69 Å². The molecule has 2 aromatic heterocycles. The minimum atomic E-state index is -2.14. The molecule has 4 aliphatic rings. The van der Waals surface area contributed by atoms with Gasteiger partial charge in [-0.15, -0.1) is 0 Å². The monoisotopic (exact) mass is 1270 g/mol. The second kappa shape index (κ2) is 29.2. The van der Waals surface area contributed by atoms with Gasteiger partial charge in [-0.05, 0) is 118 Å². The number of fused-ring (bicyclic) bond motifs is 5. The number of cyclic esters (lactones) is 1. The average molecular weight is 1270 g/mol. The number of carboxylic acid groups (broad SMARTS) is 1.